The largest absolute Gasteiger partial charge is 0.381 e. The van der Waals surface area contributed by atoms with Gasteiger partial charge in [-0.15, -0.1) is 0 Å². The molecule has 0 aromatic rings. The zero-order chi connectivity index (χ0) is 12.8. The monoisotopic (exact) mass is 241 g/mol. The highest BCUT2D eigenvalue weighted by Gasteiger charge is 2.32. The number of hydrogen-bond acceptors (Lipinski definition) is 2. The summed E-state index contributed by atoms with van der Waals surface area (Å²) in [5.41, 5.74) is 0. The molecule has 0 spiro atoms. The maximum Gasteiger partial charge on any atom is 0.225 e. The Bertz CT molecular complexity index is 234. The molecule has 1 saturated carbocycles. The van der Waals surface area contributed by atoms with Crippen LogP contribution in [0.15, 0.2) is 0 Å². The predicted octanol–water partition coefficient (Wildman–Crippen LogP) is 2.70. The van der Waals surface area contributed by atoms with Crippen LogP contribution in [0.1, 0.15) is 47.0 Å². The second-order valence-corrected chi connectivity index (χ2v) is 5.89. The molecule has 1 amide bonds. The van der Waals surface area contributed by atoms with Crippen LogP contribution < -0.4 is 0 Å². The van der Waals surface area contributed by atoms with Crippen molar-refractivity contribution < 1.29 is 9.53 Å². The maximum atomic E-state index is 12.1. The smallest absolute Gasteiger partial charge is 0.225 e. The van der Waals surface area contributed by atoms with Crippen LogP contribution in [0, 0.1) is 11.8 Å². The highest BCUT2D eigenvalue weighted by atomic mass is 16.5. The van der Waals surface area contributed by atoms with Gasteiger partial charge in [0.05, 0.1) is 13.0 Å². The van der Waals surface area contributed by atoms with Crippen molar-refractivity contribution in [3.8, 4) is 0 Å². The molecule has 0 atom stereocenters. The van der Waals surface area contributed by atoms with E-state index < -0.39 is 0 Å². The fraction of sp³-hybridized carbons (Fsp3) is 0.929. The zero-order valence-corrected chi connectivity index (χ0v) is 11.7. The third-order valence-electron chi connectivity index (χ3n) is 2.78. The Labute approximate surface area is 106 Å². The standard InChI is InChI=1S/C14H27NO2/c1-11(2)9-15(13-5-6-13)14(16)7-8-17-10-12(3)4/h11-13H,5-10H2,1-4H3. The second kappa shape index (κ2) is 7.00. The summed E-state index contributed by atoms with van der Waals surface area (Å²) in [7, 11) is 0. The van der Waals surface area contributed by atoms with Crippen molar-refractivity contribution in [3.05, 3.63) is 0 Å². The van der Waals surface area contributed by atoms with E-state index in [-0.39, 0.29) is 5.91 Å². The van der Waals surface area contributed by atoms with E-state index in [0.717, 1.165) is 13.2 Å². The van der Waals surface area contributed by atoms with Crippen LogP contribution in [-0.4, -0.2) is 36.6 Å². The van der Waals surface area contributed by atoms with Crippen molar-refractivity contribution in [2.24, 2.45) is 11.8 Å². The first-order valence-electron chi connectivity index (χ1n) is 6.88. The number of ether oxygens (including phenoxy) is 1. The Morgan fingerprint density at radius 3 is 2.35 bits per heavy atom. The Kier molecular flexibility index (Phi) is 5.96. The topological polar surface area (TPSA) is 29.5 Å². The van der Waals surface area contributed by atoms with Crippen LogP contribution in [-0.2, 0) is 9.53 Å². The molecular weight excluding hydrogens is 214 g/mol. The van der Waals surface area contributed by atoms with Crippen LogP contribution >= 0.6 is 0 Å². The number of rotatable bonds is 8. The molecule has 0 aromatic heterocycles. The average Bonchev–Trinajstić information content (AvgIpc) is 3.03. The maximum absolute atomic E-state index is 12.1. The Morgan fingerprint density at radius 2 is 1.88 bits per heavy atom. The minimum absolute atomic E-state index is 0.268. The van der Waals surface area contributed by atoms with Crippen LogP contribution in [0.5, 0.6) is 0 Å². The van der Waals surface area contributed by atoms with Gasteiger partial charge in [0.15, 0.2) is 0 Å². The first kappa shape index (κ1) is 14.5. The van der Waals surface area contributed by atoms with Crippen LogP contribution in [0.3, 0.4) is 0 Å². The van der Waals surface area contributed by atoms with Crippen molar-refractivity contribution in [1.82, 2.24) is 4.90 Å². The highest BCUT2D eigenvalue weighted by molar-refractivity contribution is 5.77. The lowest BCUT2D eigenvalue weighted by atomic mass is 10.2. The molecule has 1 fully saturated rings. The second-order valence-electron chi connectivity index (χ2n) is 5.89. The van der Waals surface area contributed by atoms with E-state index >= 15 is 0 Å². The van der Waals surface area contributed by atoms with Crippen molar-refractivity contribution in [3.63, 3.8) is 0 Å². The van der Waals surface area contributed by atoms with Gasteiger partial charge in [0.2, 0.25) is 5.91 Å². The van der Waals surface area contributed by atoms with E-state index in [4.69, 9.17) is 4.74 Å². The molecule has 17 heavy (non-hydrogen) atoms. The van der Waals surface area contributed by atoms with E-state index in [1.165, 1.54) is 12.8 Å². The van der Waals surface area contributed by atoms with E-state index in [2.05, 4.69) is 32.6 Å². The van der Waals surface area contributed by atoms with Gasteiger partial charge >= 0.3 is 0 Å². The van der Waals surface area contributed by atoms with Crippen molar-refractivity contribution in [1.29, 1.82) is 0 Å². The van der Waals surface area contributed by atoms with Crippen molar-refractivity contribution in [2.45, 2.75) is 53.0 Å². The summed E-state index contributed by atoms with van der Waals surface area (Å²) in [4.78, 5) is 14.1. The molecule has 0 unspecified atom stereocenters. The molecule has 3 heteroatoms. The van der Waals surface area contributed by atoms with E-state index in [1.54, 1.807) is 0 Å². The fourth-order valence-electron chi connectivity index (χ4n) is 1.86. The normalized spacial score (nSPS) is 15.6. The first-order valence-corrected chi connectivity index (χ1v) is 6.88. The lowest BCUT2D eigenvalue weighted by Gasteiger charge is -2.24. The Balaban J connectivity index is 2.23. The molecule has 1 aliphatic rings. The zero-order valence-electron chi connectivity index (χ0n) is 11.7. The van der Waals surface area contributed by atoms with E-state index in [0.29, 0.717) is 30.9 Å². The van der Waals surface area contributed by atoms with Gasteiger partial charge in [-0.3, -0.25) is 4.79 Å². The molecule has 100 valence electrons. The first-order chi connectivity index (χ1) is 8.00. The van der Waals surface area contributed by atoms with Crippen LogP contribution in [0.2, 0.25) is 0 Å². The summed E-state index contributed by atoms with van der Waals surface area (Å²) in [5.74, 6) is 1.36. The third kappa shape index (κ3) is 6.06. The molecular formula is C14H27NO2. The summed E-state index contributed by atoms with van der Waals surface area (Å²) in [6.45, 7) is 10.8. The number of amides is 1. The fourth-order valence-corrected chi connectivity index (χ4v) is 1.86. The Hall–Kier alpha value is -0.570. The van der Waals surface area contributed by atoms with E-state index in [9.17, 15) is 4.79 Å². The lowest BCUT2D eigenvalue weighted by Crippen LogP contribution is -2.36. The van der Waals surface area contributed by atoms with Gasteiger partial charge in [-0.2, -0.15) is 0 Å². The summed E-state index contributed by atoms with van der Waals surface area (Å²) in [5, 5.41) is 0. The SMILES string of the molecule is CC(C)COCCC(=O)N(CC(C)C)C1CC1. The quantitative estimate of drug-likeness (QED) is 0.611. The lowest BCUT2D eigenvalue weighted by molar-refractivity contribution is -0.133. The summed E-state index contributed by atoms with van der Waals surface area (Å²) in [6, 6.07) is 0.523. The summed E-state index contributed by atoms with van der Waals surface area (Å²) >= 11 is 0. The van der Waals surface area contributed by atoms with Gasteiger partial charge in [0.25, 0.3) is 0 Å². The number of hydrogen-bond donors (Lipinski definition) is 0. The highest BCUT2D eigenvalue weighted by Crippen LogP contribution is 2.28. The number of carbonyl (C=O) groups is 1. The van der Waals surface area contributed by atoms with Gasteiger partial charge in [0, 0.05) is 19.2 Å². The van der Waals surface area contributed by atoms with Crippen molar-refractivity contribution in [2.75, 3.05) is 19.8 Å². The Morgan fingerprint density at radius 1 is 1.24 bits per heavy atom. The molecule has 0 heterocycles. The number of nitrogens with zero attached hydrogens (tertiary/aromatic N) is 1. The number of carbonyl (C=O) groups excluding carboxylic acids is 1. The molecule has 1 aliphatic carbocycles. The van der Waals surface area contributed by atoms with Crippen LogP contribution in [0.25, 0.3) is 0 Å². The average molecular weight is 241 g/mol. The third-order valence-corrected chi connectivity index (χ3v) is 2.78. The van der Waals surface area contributed by atoms with Gasteiger partial charge < -0.3 is 9.64 Å². The molecule has 3 nitrogen and oxygen atoms in total. The summed E-state index contributed by atoms with van der Waals surface area (Å²) in [6.07, 6.45) is 2.91. The van der Waals surface area contributed by atoms with E-state index in [1.807, 2.05) is 0 Å². The summed E-state index contributed by atoms with van der Waals surface area (Å²) < 4.78 is 5.47. The van der Waals surface area contributed by atoms with Crippen molar-refractivity contribution >= 4 is 5.91 Å². The minimum atomic E-state index is 0.268. The molecule has 0 aromatic carbocycles. The van der Waals surface area contributed by atoms with Gasteiger partial charge in [-0.25, -0.2) is 0 Å². The molecule has 0 aliphatic heterocycles. The molecule has 0 N–H and O–H groups in total. The van der Waals surface area contributed by atoms with Crippen LogP contribution in [0.4, 0.5) is 0 Å². The minimum Gasteiger partial charge on any atom is -0.381 e. The molecule has 0 saturated heterocycles. The van der Waals surface area contributed by atoms with Gasteiger partial charge in [-0.1, -0.05) is 27.7 Å². The predicted molar refractivity (Wildman–Crippen MR) is 69.8 cm³/mol. The molecule has 0 radical (unpaired) electrons. The molecule has 1 rings (SSSR count). The van der Waals surface area contributed by atoms with Gasteiger partial charge in [-0.05, 0) is 24.7 Å². The van der Waals surface area contributed by atoms with Gasteiger partial charge in [0.1, 0.15) is 0 Å². The molecule has 0 bridgehead atoms.